The van der Waals surface area contributed by atoms with Crippen LogP contribution in [0.5, 0.6) is 11.8 Å². The van der Waals surface area contributed by atoms with Gasteiger partial charge in [-0.2, -0.15) is 5.10 Å². The number of amides is 1. The molecule has 0 spiro atoms. The van der Waals surface area contributed by atoms with E-state index in [0.29, 0.717) is 31.1 Å². The minimum Gasteiger partial charge on any atom is -0.424 e. The lowest BCUT2D eigenvalue weighted by Crippen LogP contribution is -2.12. The Bertz CT molecular complexity index is 1140. The summed E-state index contributed by atoms with van der Waals surface area (Å²) in [7, 11) is 0. The van der Waals surface area contributed by atoms with Crippen LogP contribution in [0.2, 0.25) is 0 Å². The van der Waals surface area contributed by atoms with E-state index in [1.54, 1.807) is 24.7 Å². The summed E-state index contributed by atoms with van der Waals surface area (Å²) in [6.07, 6.45) is 6.01. The number of nitrogens with two attached hydrogens (primary N) is 1. The van der Waals surface area contributed by atoms with E-state index in [1.807, 2.05) is 41.9 Å². The van der Waals surface area contributed by atoms with Crippen molar-refractivity contribution < 1.29 is 9.53 Å². The van der Waals surface area contributed by atoms with E-state index in [0.717, 1.165) is 27.9 Å². The van der Waals surface area contributed by atoms with Crippen LogP contribution in [0.1, 0.15) is 18.4 Å². The van der Waals surface area contributed by atoms with Crippen LogP contribution in [0.4, 0.5) is 0 Å². The Kier molecular flexibility index (Phi) is 5.15. The average molecular weight is 388 g/mol. The highest BCUT2D eigenvalue weighted by Gasteiger charge is 2.11. The van der Waals surface area contributed by atoms with Gasteiger partial charge in [-0.25, -0.2) is 15.0 Å². The number of nitrogens with zero attached hydrogens (tertiary/aromatic N) is 5. The Hall–Kier alpha value is -3.81. The van der Waals surface area contributed by atoms with E-state index in [4.69, 9.17) is 15.5 Å². The van der Waals surface area contributed by atoms with E-state index in [9.17, 15) is 4.79 Å². The second-order valence-electron chi connectivity index (χ2n) is 6.65. The van der Waals surface area contributed by atoms with Crippen molar-refractivity contribution in [3.63, 3.8) is 0 Å². The number of ether oxygens (including phenoxy) is 1. The lowest BCUT2D eigenvalue weighted by molar-refractivity contribution is -0.118. The van der Waals surface area contributed by atoms with E-state index in [2.05, 4.69) is 15.1 Å². The van der Waals surface area contributed by atoms with Crippen LogP contribution in [-0.2, 0) is 11.3 Å². The maximum absolute atomic E-state index is 11.0. The van der Waals surface area contributed by atoms with Crippen molar-refractivity contribution in [2.45, 2.75) is 26.3 Å². The highest BCUT2D eigenvalue weighted by atomic mass is 16.5. The smallest absolute Gasteiger partial charge is 0.321 e. The molecule has 3 heterocycles. The first-order chi connectivity index (χ1) is 14.1. The lowest BCUT2D eigenvalue weighted by atomic mass is 10.1. The minimum absolute atomic E-state index is 0.301. The van der Waals surface area contributed by atoms with Gasteiger partial charge < -0.3 is 10.5 Å². The van der Waals surface area contributed by atoms with E-state index in [1.165, 1.54) is 0 Å². The summed E-state index contributed by atoms with van der Waals surface area (Å²) in [6, 6.07) is 11.7. The Morgan fingerprint density at radius 3 is 2.66 bits per heavy atom. The zero-order valence-electron chi connectivity index (χ0n) is 15.9. The zero-order chi connectivity index (χ0) is 20.2. The topological polar surface area (TPSA) is 109 Å². The first-order valence-electron chi connectivity index (χ1n) is 9.27. The van der Waals surface area contributed by atoms with Crippen molar-refractivity contribution >= 4 is 16.9 Å². The number of rotatable bonds is 7. The van der Waals surface area contributed by atoms with Gasteiger partial charge in [0.2, 0.25) is 5.91 Å². The fourth-order valence-electron chi connectivity index (χ4n) is 3.16. The summed E-state index contributed by atoms with van der Waals surface area (Å²) in [6.45, 7) is 2.66. The molecular weight excluding hydrogens is 368 g/mol. The predicted octanol–water partition coefficient (Wildman–Crippen LogP) is 3.25. The van der Waals surface area contributed by atoms with Crippen LogP contribution in [0.25, 0.3) is 22.3 Å². The second kappa shape index (κ2) is 8.05. The van der Waals surface area contributed by atoms with Gasteiger partial charge in [0.1, 0.15) is 11.3 Å². The number of benzene rings is 1. The highest BCUT2D eigenvalue weighted by Crippen LogP contribution is 2.27. The van der Waals surface area contributed by atoms with Gasteiger partial charge in [-0.05, 0) is 55.3 Å². The van der Waals surface area contributed by atoms with Crippen molar-refractivity contribution in [1.82, 2.24) is 24.7 Å². The molecule has 1 amide bonds. The van der Waals surface area contributed by atoms with E-state index < -0.39 is 0 Å². The van der Waals surface area contributed by atoms with Gasteiger partial charge in [0.05, 0.1) is 17.4 Å². The summed E-state index contributed by atoms with van der Waals surface area (Å²) in [4.78, 5) is 23.8. The normalized spacial score (nSPS) is 10.9. The maximum Gasteiger partial charge on any atom is 0.321 e. The summed E-state index contributed by atoms with van der Waals surface area (Å²) in [5.74, 6) is 0.352. The quantitative estimate of drug-likeness (QED) is 0.520. The van der Waals surface area contributed by atoms with Crippen LogP contribution in [0.15, 0.2) is 55.0 Å². The minimum atomic E-state index is -0.301. The molecule has 3 aromatic heterocycles. The number of carbonyl (C=O) groups excluding carboxylic acids is 1. The highest BCUT2D eigenvalue weighted by molar-refractivity contribution is 5.81. The van der Waals surface area contributed by atoms with Crippen LogP contribution < -0.4 is 10.5 Å². The predicted molar refractivity (Wildman–Crippen MR) is 108 cm³/mol. The molecule has 0 fully saturated rings. The van der Waals surface area contributed by atoms with Gasteiger partial charge in [0, 0.05) is 30.9 Å². The maximum atomic E-state index is 11.0. The molecule has 0 aliphatic carbocycles. The van der Waals surface area contributed by atoms with Gasteiger partial charge in [0.15, 0.2) is 0 Å². The number of pyridine rings is 1. The molecule has 29 heavy (non-hydrogen) atoms. The first-order valence-corrected chi connectivity index (χ1v) is 9.27. The molecule has 8 nitrogen and oxygen atoms in total. The number of fused-ring (bicyclic) bond motifs is 1. The Morgan fingerprint density at radius 1 is 1.17 bits per heavy atom. The number of hydrogen-bond donors (Lipinski definition) is 1. The fourth-order valence-corrected chi connectivity index (χ4v) is 3.16. The van der Waals surface area contributed by atoms with Crippen LogP contribution in [0, 0.1) is 6.92 Å². The number of hydrogen-bond acceptors (Lipinski definition) is 6. The Balaban J connectivity index is 1.55. The van der Waals surface area contributed by atoms with Gasteiger partial charge in [0.25, 0.3) is 0 Å². The molecule has 8 heteroatoms. The largest absolute Gasteiger partial charge is 0.424 e. The van der Waals surface area contributed by atoms with Crippen LogP contribution >= 0.6 is 0 Å². The SMILES string of the molecule is Cc1cc(-c2ccc(Oc3ncccn3)cc2)nc2cnn(CCCC(N)=O)c12. The average Bonchev–Trinajstić information content (AvgIpc) is 3.13. The van der Waals surface area contributed by atoms with Crippen molar-refractivity contribution in [2.75, 3.05) is 0 Å². The molecule has 2 N–H and O–H groups in total. The summed E-state index contributed by atoms with van der Waals surface area (Å²) >= 11 is 0. The van der Waals surface area contributed by atoms with Gasteiger partial charge in [-0.15, -0.1) is 0 Å². The van der Waals surface area contributed by atoms with Gasteiger partial charge in [-0.3, -0.25) is 9.48 Å². The molecular formula is C21H20N6O2. The molecule has 4 rings (SSSR count). The molecule has 0 saturated carbocycles. The fraction of sp³-hybridized carbons (Fsp3) is 0.190. The molecule has 0 radical (unpaired) electrons. The molecule has 0 atom stereocenters. The third-order valence-electron chi connectivity index (χ3n) is 4.48. The van der Waals surface area contributed by atoms with Crippen molar-refractivity contribution in [2.24, 2.45) is 5.73 Å². The number of aromatic nitrogens is 5. The third-order valence-corrected chi connectivity index (χ3v) is 4.48. The third kappa shape index (κ3) is 4.21. The van der Waals surface area contributed by atoms with Crippen molar-refractivity contribution in [3.8, 4) is 23.0 Å². The molecule has 146 valence electrons. The van der Waals surface area contributed by atoms with E-state index >= 15 is 0 Å². The first kappa shape index (κ1) is 18.5. The molecule has 0 saturated heterocycles. The molecule has 1 aromatic carbocycles. The Labute approximate surface area is 167 Å². The monoisotopic (exact) mass is 388 g/mol. The van der Waals surface area contributed by atoms with Gasteiger partial charge in [-0.1, -0.05) is 0 Å². The molecule has 0 unspecified atom stereocenters. The number of carbonyl (C=O) groups is 1. The van der Waals surface area contributed by atoms with Crippen LogP contribution in [0.3, 0.4) is 0 Å². The molecule has 0 aliphatic rings. The summed E-state index contributed by atoms with van der Waals surface area (Å²) in [5.41, 5.74) is 9.90. The Morgan fingerprint density at radius 2 is 1.93 bits per heavy atom. The van der Waals surface area contributed by atoms with Crippen molar-refractivity contribution in [3.05, 3.63) is 60.6 Å². The van der Waals surface area contributed by atoms with E-state index in [-0.39, 0.29) is 5.91 Å². The standard InChI is InChI=1S/C21H20N6O2/c1-14-12-17(26-18-13-25-27(20(14)18)11-2-4-19(22)28)15-5-7-16(8-6-15)29-21-23-9-3-10-24-21/h3,5-10,12-13H,2,4,11H2,1H3,(H2,22,28). The molecule has 4 aromatic rings. The summed E-state index contributed by atoms with van der Waals surface area (Å²) in [5, 5.41) is 4.42. The molecule has 0 aliphatic heterocycles. The van der Waals surface area contributed by atoms with Crippen molar-refractivity contribution in [1.29, 1.82) is 0 Å². The second-order valence-corrected chi connectivity index (χ2v) is 6.65. The number of aryl methyl sites for hydroxylation is 2. The lowest BCUT2D eigenvalue weighted by Gasteiger charge is -2.08. The molecule has 0 bridgehead atoms. The van der Waals surface area contributed by atoms with Crippen LogP contribution in [-0.4, -0.2) is 30.6 Å². The zero-order valence-corrected chi connectivity index (χ0v) is 15.9. The summed E-state index contributed by atoms with van der Waals surface area (Å²) < 4.78 is 7.51. The number of primary amides is 1. The van der Waals surface area contributed by atoms with Gasteiger partial charge >= 0.3 is 6.01 Å².